The Morgan fingerprint density at radius 1 is 1.32 bits per heavy atom. The summed E-state index contributed by atoms with van der Waals surface area (Å²) in [6.07, 6.45) is 6.12. The summed E-state index contributed by atoms with van der Waals surface area (Å²) < 4.78 is 2.00. The van der Waals surface area contributed by atoms with E-state index in [-0.39, 0.29) is 5.54 Å². The van der Waals surface area contributed by atoms with E-state index in [0.29, 0.717) is 0 Å². The number of aromatic nitrogens is 2. The standard InChI is InChI=1S/C15H21N3S/c1-15(2,3)18-11-12(10-17-18)9-16-13-6-5-7-14(8-13)19-4/h5-8,10-11,16H,9H2,1-4H3. The number of thioether (sulfide) groups is 1. The van der Waals surface area contributed by atoms with Crippen molar-refractivity contribution in [1.82, 2.24) is 9.78 Å². The van der Waals surface area contributed by atoms with Crippen molar-refractivity contribution in [1.29, 1.82) is 0 Å². The summed E-state index contributed by atoms with van der Waals surface area (Å²) in [5.74, 6) is 0. The Morgan fingerprint density at radius 2 is 2.11 bits per heavy atom. The Hall–Kier alpha value is -1.42. The zero-order chi connectivity index (χ0) is 13.9. The fraction of sp³-hybridized carbons (Fsp3) is 0.400. The second-order valence-electron chi connectivity index (χ2n) is 5.55. The van der Waals surface area contributed by atoms with Crippen LogP contribution in [0.25, 0.3) is 0 Å². The lowest BCUT2D eigenvalue weighted by atomic mass is 10.1. The fourth-order valence-corrected chi connectivity index (χ4v) is 2.21. The Bertz CT molecular complexity index is 540. The third-order valence-corrected chi connectivity index (χ3v) is 3.62. The zero-order valence-corrected chi connectivity index (χ0v) is 12.8. The van der Waals surface area contributed by atoms with E-state index in [1.165, 1.54) is 10.5 Å². The topological polar surface area (TPSA) is 29.9 Å². The maximum Gasteiger partial charge on any atom is 0.0543 e. The molecule has 0 atom stereocenters. The molecular weight excluding hydrogens is 254 g/mol. The van der Waals surface area contributed by atoms with Crippen molar-refractivity contribution < 1.29 is 0 Å². The average Bonchev–Trinajstić information content (AvgIpc) is 2.85. The van der Waals surface area contributed by atoms with Crippen LogP contribution in [0.3, 0.4) is 0 Å². The monoisotopic (exact) mass is 275 g/mol. The Morgan fingerprint density at radius 3 is 2.74 bits per heavy atom. The van der Waals surface area contributed by atoms with E-state index in [4.69, 9.17) is 0 Å². The highest BCUT2D eigenvalue weighted by Crippen LogP contribution is 2.20. The van der Waals surface area contributed by atoms with Gasteiger partial charge in [-0.2, -0.15) is 5.10 Å². The van der Waals surface area contributed by atoms with E-state index in [9.17, 15) is 0 Å². The molecule has 1 aromatic heterocycles. The molecule has 0 aliphatic heterocycles. The number of hydrogen-bond acceptors (Lipinski definition) is 3. The van der Waals surface area contributed by atoms with Gasteiger partial charge in [-0.05, 0) is 45.2 Å². The van der Waals surface area contributed by atoms with Crippen molar-refractivity contribution >= 4 is 17.4 Å². The molecule has 2 rings (SSSR count). The van der Waals surface area contributed by atoms with Gasteiger partial charge in [-0.25, -0.2) is 0 Å². The molecule has 0 aliphatic carbocycles. The molecule has 0 saturated heterocycles. The average molecular weight is 275 g/mol. The van der Waals surface area contributed by atoms with Crippen LogP contribution in [0.4, 0.5) is 5.69 Å². The summed E-state index contributed by atoms with van der Waals surface area (Å²) in [5, 5.41) is 7.84. The molecule has 0 bridgehead atoms. The first-order chi connectivity index (χ1) is 8.99. The quantitative estimate of drug-likeness (QED) is 0.856. The third kappa shape index (κ3) is 3.77. The van der Waals surface area contributed by atoms with Gasteiger partial charge in [0.05, 0.1) is 11.7 Å². The van der Waals surface area contributed by atoms with Crippen molar-refractivity contribution in [3.05, 3.63) is 42.2 Å². The smallest absolute Gasteiger partial charge is 0.0543 e. The van der Waals surface area contributed by atoms with Gasteiger partial charge in [0.2, 0.25) is 0 Å². The molecule has 1 heterocycles. The van der Waals surface area contributed by atoms with Gasteiger partial charge in [-0.15, -0.1) is 11.8 Å². The van der Waals surface area contributed by atoms with E-state index in [2.05, 4.69) is 67.9 Å². The summed E-state index contributed by atoms with van der Waals surface area (Å²) in [6.45, 7) is 7.26. The molecule has 0 spiro atoms. The second-order valence-corrected chi connectivity index (χ2v) is 6.43. The van der Waals surface area contributed by atoms with Crippen LogP contribution in [0.5, 0.6) is 0 Å². The Balaban J connectivity index is 2.00. The highest BCUT2D eigenvalue weighted by atomic mass is 32.2. The Labute approximate surface area is 119 Å². The number of hydrogen-bond donors (Lipinski definition) is 1. The van der Waals surface area contributed by atoms with E-state index in [1.807, 2.05) is 10.9 Å². The molecule has 102 valence electrons. The van der Waals surface area contributed by atoms with Crippen molar-refractivity contribution in [3.63, 3.8) is 0 Å². The predicted molar refractivity (Wildman–Crippen MR) is 82.8 cm³/mol. The highest BCUT2D eigenvalue weighted by Gasteiger charge is 2.13. The molecule has 0 radical (unpaired) electrons. The molecule has 0 unspecified atom stereocenters. The lowest BCUT2D eigenvalue weighted by Crippen LogP contribution is -2.21. The normalized spacial score (nSPS) is 11.6. The third-order valence-electron chi connectivity index (χ3n) is 2.89. The van der Waals surface area contributed by atoms with E-state index < -0.39 is 0 Å². The molecule has 0 fully saturated rings. The van der Waals surface area contributed by atoms with Gasteiger partial charge >= 0.3 is 0 Å². The minimum Gasteiger partial charge on any atom is -0.381 e. The lowest BCUT2D eigenvalue weighted by Gasteiger charge is -2.18. The number of nitrogens with one attached hydrogen (secondary N) is 1. The van der Waals surface area contributed by atoms with Gasteiger partial charge in [-0.3, -0.25) is 4.68 Å². The maximum atomic E-state index is 4.41. The highest BCUT2D eigenvalue weighted by molar-refractivity contribution is 7.98. The first-order valence-electron chi connectivity index (χ1n) is 6.41. The first kappa shape index (κ1) is 14.0. The maximum absolute atomic E-state index is 4.41. The van der Waals surface area contributed by atoms with Crippen LogP contribution in [-0.4, -0.2) is 16.0 Å². The SMILES string of the molecule is CSc1cccc(NCc2cnn(C(C)(C)C)c2)c1. The first-order valence-corrected chi connectivity index (χ1v) is 7.63. The van der Waals surface area contributed by atoms with Crippen LogP contribution in [0.15, 0.2) is 41.6 Å². The van der Waals surface area contributed by atoms with E-state index in [1.54, 1.807) is 11.8 Å². The van der Waals surface area contributed by atoms with Crippen LogP contribution in [0, 0.1) is 0 Å². The van der Waals surface area contributed by atoms with Gasteiger partial charge in [0, 0.05) is 28.9 Å². The molecule has 1 aromatic carbocycles. The van der Waals surface area contributed by atoms with Gasteiger partial charge in [0.1, 0.15) is 0 Å². The summed E-state index contributed by atoms with van der Waals surface area (Å²) in [5.41, 5.74) is 2.39. The number of rotatable bonds is 4. The molecule has 19 heavy (non-hydrogen) atoms. The minimum absolute atomic E-state index is 0.0387. The van der Waals surface area contributed by atoms with Gasteiger partial charge in [0.15, 0.2) is 0 Å². The van der Waals surface area contributed by atoms with Crippen LogP contribution < -0.4 is 5.32 Å². The number of anilines is 1. The summed E-state index contributed by atoms with van der Waals surface area (Å²) in [7, 11) is 0. The van der Waals surface area contributed by atoms with E-state index in [0.717, 1.165) is 12.2 Å². The van der Waals surface area contributed by atoms with Crippen LogP contribution in [0.2, 0.25) is 0 Å². The lowest BCUT2D eigenvalue weighted by molar-refractivity contribution is 0.355. The molecular formula is C15H21N3S. The molecule has 0 aliphatic rings. The predicted octanol–water partition coefficient (Wildman–Crippen LogP) is 3.97. The Kier molecular flexibility index (Phi) is 4.20. The molecule has 0 amide bonds. The molecule has 0 saturated carbocycles. The summed E-state index contributed by atoms with van der Waals surface area (Å²) in [4.78, 5) is 1.27. The van der Waals surface area contributed by atoms with Crippen LogP contribution in [-0.2, 0) is 12.1 Å². The van der Waals surface area contributed by atoms with Crippen molar-refractivity contribution in [2.45, 2.75) is 37.8 Å². The second kappa shape index (κ2) is 5.70. The number of nitrogens with zero attached hydrogens (tertiary/aromatic N) is 2. The van der Waals surface area contributed by atoms with Crippen LogP contribution in [0.1, 0.15) is 26.3 Å². The summed E-state index contributed by atoms with van der Waals surface area (Å²) >= 11 is 1.76. The van der Waals surface area contributed by atoms with Crippen molar-refractivity contribution in [2.24, 2.45) is 0 Å². The zero-order valence-electron chi connectivity index (χ0n) is 12.0. The fourth-order valence-electron chi connectivity index (χ4n) is 1.76. The minimum atomic E-state index is 0.0387. The molecule has 1 N–H and O–H groups in total. The van der Waals surface area contributed by atoms with Gasteiger partial charge in [-0.1, -0.05) is 6.07 Å². The molecule has 3 nitrogen and oxygen atoms in total. The van der Waals surface area contributed by atoms with Gasteiger partial charge in [0.25, 0.3) is 0 Å². The van der Waals surface area contributed by atoms with Crippen molar-refractivity contribution in [3.8, 4) is 0 Å². The van der Waals surface area contributed by atoms with E-state index >= 15 is 0 Å². The van der Waals surface area contributed by atoms with Crippen molar-refractivity contribution in [2.75, 3.05) is 11.6 Å². The van der Waals surface area contributed by atoms with Crippen LogP contribution >= 0.6 is 11.8 Å². The molecule has 4 heteroatoms. The number of benzene rings is 1. The van der Waals surface area contributed by atoms with Gasteiger partial charge < -0.3 is 5.32 Å². The molecule has 2 aromatic rings. The largest absolute Gasteiger partial charge is 0.381 e. The summed E-state index contributed by atoms with van der Waals surface area (Å²) in [6, 6.07) is 8.45.